The van der Waals surface area contributed by atoms with Crippen LogP contribution in [0.5, 0.6) is 5.75 Å². The van der Waals surface area contributed by atoms with Crippen LogP contribution in [0, 0.1) is 5.82 Å². The van der Waals surface area contributed by atoms with E-state index >= 15 is 0 Å². The summed E-state index contributed by atoms with van der Waals surface area (Å²) in [4.78, 5) is 16.6. The van der Waals surface area contributed by atoms with Gasteiger partial charge in [-0.25, -0.2) is 14.1 Å². The zero-order valence-electron chi connectivity index (χ0n) is 12.9. The third-order valence-corrected chi connectivity index (χ3v) is 3.24. The number of halogens is 1. The second-order valence-electron chi connectivity index (χ2n) is 5.03. The Hall–Kier alpha value is -3.22. The molecule has 1 N–H and O–H groups in total. The van der Waals surface area contributed by atoms with Gasteiger partial charge in [0.25, 0.3) is 5.91 Å². The summed E-state index contributed by atoms with van der Waals surface area (Å²) in [5.74, 6) is -0.0149. The molecule has 3 aromatic rings. The van der Waals surface area contributed by atoms with Crippen LogP contribution in [0.1, 0.15) is 6.92 Å². The molecule has 1 amide bonds. The molecule has 0 aliphatic heterocycles. The van der Waals surface area contributed by atoms with Crippen molar-refractivity contribution in [3.8, 4) is 11.6 Å². The Morgan fingerprint density at radius 3 is 2.88 bits per heavy atom. The van der Waals surface area contributed by atoms with Gasteiger partial charge in [0.2, 0.25) is 0 Å². The Balaban J connectivity index is 1.73. The number of carbonyl (C=O) groups is 1. The number of aromatic nitrogens is 3. The lowest BCUT2D eigenvalue weighted by atomic mass is 10.3. The van der Waals surface area contributed by atoms with Crippen molar-refractivity contribution in [3.63, 3.8) is 0 Å². The normalized spacial score (nSPS) is 11.8. The molecule has 0 radical (unpaired) electrons. The number of carbonyl (C=O) groups excluding carboxylic acids is 1. The van der Waals surface area contributed by atoms with Crippen molar-refractivity contribution in [1.29, 1.82) is 0 Å². The minimum absolute atomic E-state index is 0.288. The highest BCUT2D eigenvalue weighted by Gasteiger charge is 2.17. The largest absolute Gasteiger partial charge is 0.481 e. The van der Waals surface area contributed by atoms with Crippen molar-refractivity contribution < 1.29 is 13.9 Å². The molecule has 1 atom stereocenters. The van der Waals surface area contributed by atoms with Gasteiger partial charge in [-0.2, -0.15) is 5.10 Å². The molecule has 2 aromatic heterocycles. The van der Waals surface area contributed by atoms with Crippen LogP contribution in [-0.4, -0.2) is 26.8 Å². The van der Waals surface area contributed by atoms with Crippen molar-refractivity contribution in [2.24, 2.45) is 0 Å². The van der Waals surface area contributed by atoms with Gasteiger partial charge in [-0.15, -0.1) is 0 Å². The number of amides is 1. The lowest BCUT2D eigenvalue weighted by molar-refractivity contribution is -0.122. The first-order valence-electron chi connectivity index (χ1n) is 7.31. The molecular formula is C17H15FN4O2. The summed E-state index contributed by atoms with van der Waals surface area (Å²) >= 11 is 0. The molecule has 122 valence electrons. The number of nitrogens with zero attached hydrogens (tertiary/aromatic N) is 3. The molecule has 0 aliphatic carbocycles. The Kier molecular flexibility index (Phi) is 4.51. The molecule has 0 bridgehead atoms. The number of rotatable bonds is 5. The van der Waals surface area contributed by atoms with E-state index in [0.717, 1.165) is 0 Å². The Morgan fingerprint density at radius 1 is 1.25 bits per heavy atom. The highest BCUT2D eigenvalue weighted by atomic mass is 19.1. The molecule has 0 aliphatic rings. The first-order valence-corrected chi connectivity index (χ1v) is 7.31. The van der Waals surface area contributed by atoms with Crippen LogP contribution in [0.4, 0.5) is 10.1 Å². The van der Waals surface area contributed by atoms with Crippen molar-refractivity contribution in [2.75, 3.05) is 5.32 Å². The molecule has 2 heterocycles. The zero-order chi connectivity index (χ0) is 16.9. The van der Waals surface area contributed by atoms with Gasteiger partial charge in [-0.05, 0) is 37.3 Å². The number of pyridine rings is 1. The van der Waals surface area contributed by atoms with Crippen molar-refractivity contribution in [2.45, 2.75) is 13.0 Å². The van der Waals surface area contributed by atoms with Crippen LogP contribution in [0.2, 0.25) is 0 Å². The third-order valence-electron chi connectivity index (χ3n) is 3.24. The fourth-order valence-corrected chi connectivity index (χ4v) is 2.10. The van der Waals surface area contributed by atoms with E-state index < -0.39 is 11.9 Å². The third kappa shape index (κ3) is 3.57. The summed E-state index contributed by atoms with van der Waals surface area (Å²) in [6, 6.07) is 10.8. The summed E-state index contributed by atoms with van der Waals surface area (Å²) in [5, 5.41) is 6.86. The van der Waals surface area contributed by atoms with E-state index in [4.69, 9.17) is 4.74 Å². The van der Waals surface area contributed by atoms with Crippen LogP contribution >= 0.6 is 0 Å². The molecule has 24 heavy (non-hydrogen) atoms. The van der Waals surface area contributed by atoms with E-state index in [1.165, 1.54) is 18.2 Å². The van der Waals surface area contributed by atoms with Crippen LogP contribution in [0.3, 0.4) is 0 Å². The minimum atomic E-state index is -0.808. The Bertz CT molecular complexity index is 836. The fraction of sp³-hybridized carbons (Fsp3) is 0.118. The minimum Gasteiger partial charge on any atom is -0.481 e. The monoisotopic (exact) mass is 326 g/mol. The average molecular weight is 326 g/mol. The topological polar surface area (TPSA) is 69.0 Å². The molecular weight excluding hydrogens is 311 g/mol. The van der Waals surface area contributed by atoms with Crippen molar-refractivity contribution in [1.82, 2.24) is 14.8 Å². The lowest BCUT2D eigenvalue weighted by Crippen LogP contribution is -2.30. The van der Waals surface area contributed by atoms with Gasteiger partial charge in [0.1, 0.15) is 11.6 Å². The molecule has 7 heteroatoms. The smallest absolute Gasteiger partial charge is 0.265 e. The van der Waals surface area contributed by atoms with Gasteiger partial charge in [-0.3, -0.25) is 4.79 Å². The van der Waals surface area contributed by atoms with Crippen LogP contribution in [-0.2, 0) is 4.79 Å². The number of hydrogen-bond acceptors (Lipinski definition) is 4. The van der Waals surface area contributed by atoms with Gasteiger partial charge in [-0.1, -0.05) is 6.07 Å². The second-order valence-corrected chi connectivity index (χ2v) is 5.03. The standard InChI is InChI=1S/C17H15FN4O2/c1-12(24-14-6-2-5-13(18)11-14)17(23)21-15-7-3-8-19-16(15)22-10-4-9-20-22/h2-12H,1H3,(H,21,23). The highest BCUT2D eigenvalue weighted by molar-refractivity contribution is 5.95. The molecule has 3 rings (SSSR count). The van der Waals surface area contributed by atoms with Gasteiger partial charge >= 0.3 is 0 Å². The molecule has 0 spiro atoms. The summed E-state index contributed by atoms with van der Waals surface area (Å²) in [7, 11) is 0. The number of ether oxygens (including phenoxy) is 1. The van der Waals surface area contributed by atoms with E-state index in [1.807, 2.05) is 0 Å². The maximum Gasteiger partial charge on any atom is 0.265 e. The Morgan fingerprint density at radius 2 is 2.12 bits per heavy atom. The molecule has 1 aromatic carbocycles. The predicted octanol–water partition coefficient (Wildman–Crippen LogP) is 2.81. The maximum absolute atomic E-state index is 13.2. The molecule has 0 fully saturated rings. The summed E-state index contributed by atoms with van der Waals surface area (Å²) in [6.07, 6.45) is 4.15. The van der Waals surface area contributed by atoms with E-state index in [9.17, 15) is 9.18 Å². The van der Waals surface area contributed by atoms with Crippen LogP contribution in [0.15, 0.2) is 61.1 Å². The Labute approximate surface area is 137 Å². The lowest BCUT2D eigenvalue weighted by Gasteiger charge is -2.16. The molecule has 0 saturated heterocycles. The van der Waals surface area contributed by atoms with E-state index in [1.54, 1.807) is 54.5 Å². The number of hydrogen-bond donors (Lipinski definition) is 1. The molecule has 0 saturated carbocycles. The maximum atomic E-state index is 13.2. The first-order chi connectivity index (χ1) is 11.6. The quantitative estimate of drug-likeness (QED) is 0.783. The van der Waals surface area contributed by atoms with Gasteiger partial charge in [0, 0.05) is 24.7 Å². The average Bonchev–Trinajstić information content (AvgIpc) is 3.09. The summed E-state index contributed by atoms with van der Waals surface area (Å²) < 4.78 is 20.2. The van der Waals surface area contributed by atoms with Crippen molar-refractivity contribution >= 4 is 11.6 Å². The number of nitrogens with one attached hydrogen (secondary N) is 1. The summed E-state index contributed by atoms with van der Waals surface area (Å²) in [6.45, 7) is 1.59. The number of anilines is 1. The SMILES string of the molecule is CC(Oc1cccc(F)c1)C(=O)Nc1cccnc1-n1cccn1. The second kappa shape index (κ2) is 6.91. The zero-order valence-corrected chi connectivity index (χ0v) is 12.9. The number of benzene rings is 1. The molecule has 1 unspecified atom stereocenters. The van der Waals surface area contributed by atoms with Gasteiger partial charge in [0.15, 0.2) is 11.9 Å². The first kappa shape index (κ1) is 15.7. The van der Waals surface area contributed by atoms with Crippen LogP contribution < -0.4 is 10.1 Å². The summed E-state index contributed by atoms with van der Waals surface area (Å²) in [5.41, 5.74) is 0.501. The van der Waals surface area contributed by atoms with E-state index in [2.05, 4.69) is 15.4 Å². The highest BCUT2D eigenvalue weighted by Crippen LogP contribution is 2.18. The van der Waals surface area contributed by atoms with E-state index in [-0.39, 0.29) is 11.7 Å². The van der Waals surface area contributed by atoms with Gasteiger partial charge < -0.3 is 10.1 Å². The van der Waals surface area contributed by atoms with E-state index in [0.29, 0.717) is 11.5 Å². The van der Waals surface area contributed by atoms with Crippen LogP contribution in [0.25, 0.3) is 5.82 Å². The fourth-order valence-electron chi connectivity index (χ4n) is 2.10. The van der Waals surface area contributed by atoms with Gasteiger partial charge in [0.05, 0.1) is 5.69 Å². The molecule has 6 nitrogen and oxygen atoms in total. The van der Waals surface area contributed by atoms with Crippen molar-refractivity contribution in [3.05, 3.63) is 66.9 Å². The predicted molar refractivity (Wildman–Crippen MR) is 86.5 cm³/mol.